The number of nitrogens with zero attached hydrogens (tertiary/aromatic N) is 1. The molecule has 0 spiro atoms. The van der Waals surface area contributed by atoms with Crippen molar-refractivity contribution in [1.82, 2.24) is 4.90 Å². The van der Waals surface area contributed by atoms with E-state index in [9.17, 15) is 27.9 Å². The lowest BCUT2D eigenvalue weighted by Gasteiger charge is -2.32. The summed E-state index contributed by atoms with van der Waals surface area (Å²) in [6.07, 6.45) is -5.99. The van der Waals surface area contributed by atoms with Crippen molar-refractivity contribution in [3.63, 3.8) is 0 Å². The first-order valence-corrected chi connectivity index (χ1v) is 8.66. The number of ether oxygens (including phenoxy) is 2. The van der Waals surface area contributed by atoms with E-state index in [0.29, 0.717) is 5.56 Å². The average molecular weight is 411 g/mol. The van der Waals surface area contributed by atoms with Crippen LogP contribution in [0.25, 0.3) is 0 Å². The summed E-state index contributed by atoms with van der Waals surface area (Å²) in [6, 6.07) is 11.1. The van der Waals surface area contributed by atoms with Crippen LogP contribution in [0.2, 0.25) is 0 Å². The zero-order valence-corrected chi connectivity index (χ0v) is 15.7. The molecular formula is C20H20F3NO5. The predicted molar refractivity (Wildman–Crippen MR) is 97.1 cm³/mol. The van der Waals surface area contributed by atoms with E-state index in [1.807, 2.05) is 0 Å². The number of para-hydroxylation sites is 1. The number of carboxylic acids is 1. The van der Waals surface area contributed by atoms with Gasteiger partial charge in [-0.05, 0) is 25.5 Å². The number of hydrogen-bond acceptors (Lipinski definition) is 4. The van der Waals surface area contributed by atoms with Crippen LogP contribution in [0.15, 0.2) is 54.6 Å². The van der Waals surface area contributed by atoms with Crippen molar-refractivity contribution in [2.24, 2.45) is 0 Å². The highest BCUT2D eigenvalue weighted by Gasteiger charge is 2.39. The molecule has 2 aromatic carbocycles. The Hall–Kier alpha value is -3.23. The number of aliphatic carboxylic acids is 1. The highest BCUT2D eigenvalue weighted by molar-refractivity contribution is 5.82. The number of hydrogen-bond donors (Lipinski definition) is 1. The Morgan fingerprint density at radius 2 is 1.62 bits per heavy atom. The zero-order chi connectivity index (χ0) is 21.6. The van der Waals surface area contributed by atoms with Gasteiger partial charge >= 0.3 is 18.4 Å². The fourth-order valence-electron chi connectivity index (χ4n) is 2.73. The molecule has 0 radical (unpaired) electrons. The molecule has 0 heterocycles. The van der Waals surface area contributed by atoms with E-state index >= 15 is 0 Å². The third-order valence-corrected chi connectivity index (χ3v) is 3.92. The molecular weight excluding hydrogens is 391 g/mol. The van der Waals surface area contributed by atoms with Crippen LogP contribution < -0.4 is 4.74 Å². The third kappa shape index (κ3) is 6.13. The lowest BCUT2D eigenvalue weighted by atomic mass is 10.0. The van der Waals surface area contributed by atoms with Crippen molar-refractivity contribution in [1.29, 1.82) is 0 Å². The molecule has 2 rings (SSSR count). The third-order valence-electron chi connectivity index (χ3n) is 3.92. The molecule has 0 saturated carbocycles. The van der Waals surface area contributed by atoms with Crippen molar-refractivity contribution < 1.29 is 37.3 Å². The van der Waals surface area contributed by atoms with Gasteiger partial charge in [0.1, 0.15) is 12.4 Å². The van der Waals surface area contributed by atoms with Crippen LogP contribution in [0.4, 0.5) is 18.0 Å². The lowest BCUT2D eigenvalue weighted by Crippen LogP contribution is -2.44. The SMILES string of the molecule is CC(C)N(C(=O)OCc1ccccc1)C(C(=O)O)c1ccccc1OC(F)(F)F. The minimum atomic E-state index is -5.02. The molecule has 0 bridgehead atoms. The van der Waals surface area contributed by atoms with E-state index in [0.717, 1.165) is 11.0 Å². The van der Waals surface area contributed by atoms with Gasteiger partial charge in [0, 0.05) is 11.6 Å². The van der Waals surface area contributed by atoms with Gasteiger partial charge in [-0.1, -0.05) is 48.5 Å². The molecule has 9 heteroatoms. The summed E-state index contributed by atoms with van der Waals surface area (Å²) < 4.78 is 47.4. The molecule has 29 heavy (non-hydrogen) atoms. The first-order valence-electron chi connectivity index (χ1n) is 8.66. The van der Waals surface area contributed by atoms with Crippen LogP contribution in [0.5, 0.6) is 5.75 Å². The molecule has 1 atom stereocenters. The molecule has 0 aliphatic rings. The summed E-state index contributed by atoms with van der Waals surface area (Å²) in [7, 11) is 0. The van der Waals surface area contributed by atoms with Crippen LogP contribution in [0.1, 0.15) is 31.0 Å². The Labute approximate surface area is 165 Å². The van der Waals surface area contributed by atoms with Gasteiger partial charge in [0.2, 0.25) is 0 Å². The molecule has 1 unspecified atom stereocenters. The molecule has 0 aliphatic carbocycles. The minimum absolute atomic E-state index is 0.115. The Balaban J connectivity index is 2.35. The van der Waals surface area contributed by atoms with Gasteiger partial charge in [-0.15, -0.1) is 13.2 Å². The van der Waals surface area contributed by atoms with Crippen molar-refractivity contribution in [2.45, 2.75) is 38.9 Å². The fraction of sp³-hybridized carbons (Fsp3) is 0.300. The second-order valence-electron chi connectivity index (χ2n) is 6.37. The van der Waals surface area contributed by atoms with Gasteiger partial charge in [-0.3, -0.25) is 4.90 Å². The number of rotatable bonds is 7. The molecule has 0 fully saturated rings. The minimum Gasteiger partial charge on any atom is -0.479 e. The molecule has 0 aliphatic heterocycles. The molecule has 1 N–H and O–H groups in total. The predicted octanol–water partition coefficient (Wildman–Crippen LogP) is 4.76. The monoisotopic (exact) mass is 411 g/mol. The van der Waals surface area contributed by atoms with Crippen LogP contribution in [-0.2, 0) is 16.1 Å². The van der Waals surface area contributed by atoms with E-state index in [4.69, 9.17) is 4.74 Å². The maximum Gasteiger partial charge on any atom is 0.573 e. The maximum absolute atomic E-state index is 12.7. The number of carboxylic acid groups (broad SMARTS) is 1. The van der Waals surface area contributed by atoms with Gasteiger partial charge in [0.15, 0.2) is 6.04 Å². The standard InChI is InChI=1S/C20H20F3NO5/c1-13(2)24(19(27)28-12-14-8-4-3-5-9-14)17(18(25)26)15-10-6-7-11-16(15)29-20(21,22)23/h3-11,13,17H,12H2,1-2H3,(H,25,26). The summed E-state index contributed by atoms with van der Waals surface area (Å²) in [5.41, 5.74) is 0.361. The normalized spacial score (nSPS) is 12.3. The highest BCUT2D eigenvalue weighted by atomic mass is 19.4. The van der Waals surface area contributed by atoms with Gasteiger partial charge in [0.05, 0.1) is 0 Å². The van der Waals surface area contributed by atoms with Crippen molar-refractivity contribution in [3.05, 3.63) is 65.7 Å². The number of alkyl halides is 3. The summed E-state index contributed by atoms with van der Waals surface area (Å²) >= 11 is 0. The number of halogens is 3. The second kappa shape index (κ2) is 9.31. The first-order chi connectivity index (χ1) is 13.6. The molecule has 0 aromatic heterocycles. The summed E-state index contributed by atoms with van der Waals surface area (Å²) in [6.45, 7) is 2.95. The number of carbonyl (C=O) groups is 2. The van der Waals surface area contributed by atoms with Gasteiger partial charge in [0.25, 0.3) is 0 Å². The van der Waals surface area contributed by atoms with Crippen LogP contribution in [0, 0.1) is 0 Å². The maximum atomic E-state index is 12.7. The van der Waals surface area contributed by atoms with E-state index in [2.05, 4.69) is 4.74 Å². The Bertz CT molecular complexity index is 840. The Morgan fingerprint density at radius 3 is 2.17 bits per heavy atom. The van der Waals surface area contributed by atoms with Gasteiger partial charge in [-0.2, -0.15) is 0 Å². The van der Waals surface area contributed by atoms with Crippen molar-refractivity contribution in [2.75, 3.05) is 0 Å². The molecule has 1 amide bonds. The highest BCUT2D eigenvalue weighted by Crippen LogP contribution is 2.34. The zero-order valence-electron chi connectivity index (χ0n) is 15.7. The first kappa shape index (κ1) is 22.1. The summed E-state index contributed by atoms with van der Waals surface area (Å²) in [5, 5.41) is 9.72. The van der Waals surface area contributed by atoms with Crippen molar-refractivity contribution in [3.8, 4) is 5.75 Å². The Kier molecular flexibility index (Phi) is 7.08. The summed E-state index contributed by atoms with van der Waals surface area (Å²) in [4.78, 5) is 25.5. The van der Waals surface area contributed by atoms with Crippen LogP contribution >= 0.6 is 0 Å². The number of carbonyl (C=O) groups excluding carboxylic acids is 1. The smallest absolute Gasteiger partial charge is 0.479 e. The Morgan fingerprint density at radius 1 is 1.03 bits per heavy atom. The topological polar surface area (TPSA) is 76.1 Å². The quantitative estimate of drug-likeness (QED) is 0.711. The lowest BCUT2D eigenvalue weighted by molar-refractivity contribution is -0.275. The van der Waals surface area contributed by atoms with E-state index < -0.39 is 36.3 Å². The number of amides is 1. The van der Waals surface area contributed by atoms with Gasteiger partial charge in [-0.25, -0.2) is 9.59 Å². The molecule has 156 valence electrons. The fourth-order valence-corrected chi connectivity index (χ4v) is 2.73. The van der Waals surface area contributed by atoms with E-state index in [-0.39, 0.29) is 12.2 Å². The number of benzene rings is 2. The van der Waals surface area contributed by atoms with Crippen LogP contribution in [0.3, 0.4) is 0 Å². The molecule has 0 saturated heterocycles. The van der Waals surface area contributed by atoms with E-state index in [1.165, 1.54) is 32.0 Å². The second-order valence-corrected chi connectivity index (χ2v) is 6.37. The van der Waals surface area contributed by atoms with Crippen molar-refractivity contribution >= 4 is 12.1 Å². The van der Waals surface area contributed by atoms with E-state index in [1.54, 1.807) is 30.3 Å². The van der Waals surface area contributed by atoms with Gasteiger partial charge < -0.3 is 14.6 Å². The summed E-state index contributed by atoms with van der Waals surface area (Å²) in [5.74, 6) is -2.22. The average Bonchev–Trinajstić information content (AvgIpc) is 2.64. The van der Waals surface area contributed by atoms with Crippen LogP contribution in [-0.4, -0.2) is 34.5 Å². The largest absolute Gasteiger partial charge is 0.573 e. The molecule has 6 nitrogen and oxygen atoms in total. The molecule has 2 aromatic rings.